The summed E-state index contributed by atoms with van der Waals surface area (Å²) in [4.78, 5) is 27.5. The molecule has 3 aromatic rings. The van der Waals surface area contributed by atoms with Crippen LogP contribution in [-0.2, 0) is 27.2 Å². The molecular weight excluding hydrogens is 352 g/mol. The molecule has 1 atom stereocenters. The van der Waals surface area contributed by atoms with E-state index in [0.29, 0.717) is 12.1 Å². The molecule has 1 heterocycles. The van der Waals surface area contributed by atoms with E-state index in [0.717, 1.165) is 18.4 Å². The fraction of sp³-hybridized carbons (Fsp3) is 0.304. The number of esters is 1. The van der Waals surface area contributed by atoms with Crippen LogP contribution in [0.1, 0.15) is 37.8 Å². The zero-order valence-corrected chi connectivity index (χ0v) is 16.3. The Balaban J connectivity index is 1.43. The Hall–Kier alpha value is -3.08. The fourth-order valence-corrected chi connectivity index (χ4v) is 3.14. The lowest BCUT2D eigenvalue weighted by Gasteiger charge is -2.13. The molecule has 1 amide bonds. The topological polar surface area (TPSA) is 71.2 Å². The Morgan fingerprint density at radius 3 is 2.61 bits per heavy atom. The lowest BCUT2D eigenvalue weighted by molar-refractivity contribution is -0.153. The van der Waals surface area contributed by atoms with E-state index in [1.54, 1.807) is 6.92 Å². The Morgan fingerprint density at radius 1 is 1.11 bits per heavy atom. The lowest BCUT2D eigenvalue weighted by Crippen LogP contribution is -2.29. The predicted octanol–water partition coefficient (Wildman–Crippen LogP) is 4.62. The first-order chi connectivity index (χ1) is 13.6. The summed E-state index contributed by atoms with van der Waals surface area (Å²) in [7, 11) is 0. The number of benzene rings is 2. The van der Waals surface area contributed by atoms with Gasteiger partial charge in [0.05, 0.1) is 0 Å². The largest absolute Gasteiger partial charge is 0.453 e. The van der Waals surface area contributed by atoms with Gasteiger partial charge in [-0.25, -0.2) is 0 Å². The molecule has 5 heteroatoms. The van der Waals surface area contributed by atoms with Gasteiger partial charge in [-0.15, -0.1) is 0 Å². The second kappa shape index (κ2) is 9.22. The second-order valence-corrected chi connectivity index (χ2v) is 6.88. The van der Waals surface area contributed by atoms with Crippen LogP contribution in [0.15, 0.2) is 54.7 Å². The number of carbonyl (C=O) groups excluding carboxylic acids is 2. The van der Waals surface area contributed by atoms with Crippen LogP contribution in [0, 0.1) is 0 Å². The predicted molar refractivity (Wildman–Crippen MR) is 111 cm³/mol. The first-order valence-corrected chi connectivity index (χ1v) is 9.71. The summed E-state index contributed by atoms with van der Waals surface area (Å²) in [5.41, 5.74) is 4.18. The van der Waals surface area contributed by atoms with Crippen molar-refractivity contribution in [2.24, 2.45) is 0 Å². The summed E-state index contributed by atoms with van der Waals surface area (Å²) in [5, 5.41) is 3.96. The molecule has 0 bridgehead atoms. The van der Waals surface area contributed by atoms with E-state index in [2.05, 4.69) is 23.3 Å². The Bertz CT molecular complexity index is 944. The molecule has 0 aliphatic carbocycles. The molecule has 0 aliphatic heterocycles. The third kappa shape index (κ3) is 5.00. The Labute approximate surface area is 165 Å². The van der Waals surface area contributed by atoms with E-state index in [4.69, 9.17) is 4.74 Å². The van der Waals surface area contributed by atoms with Gasteiger partial charge >= 0.3 is 5.97 Å². The SMILES string of the molecule is CCc1ccc(NC(=O)[C@H](C)OC(=O)CCCc2c[nH]c3ccccc23)cc1. The van der Waals surface area contributed by atoms with Gasteiger partial charge in [0.15, 0.2) is 6.10 Å². The highest BCUT2D eigenvalue weighted by Crippen LogP contribution is 2.19. The molecule has 146 valence electrons. The van der Waals surface area contributed by atoms with E-state index >= 15 is 0 Å². The molecule has 5 nitrogen and oxygen atoms in total. The number of anilines is 1. The maximum absolute atomic E-state index is 12.2. The quantitative estimate of drug-likeness (QED) is 0.562. The van der Waals surface area contributed by atoms with Crippen molar-refractivity contribution in [1.82, 2.24) is 4.98 Å². The van der Waals surface area contributed by atoms with Crippen LogP contribution in [0.5, 0.6) is 0 Å². The molecule has 2 N–H and O–H groups in total. The smallest absolute Gasteiger partial charge is 0.306 e. The van der Waals surface area contributed by atoms with Crippen molar-refractivity contribution in [3.05, 3.63) is 65.9 Å². The first kappa shape index (κ1) is 19.7. The standard InChI is InChI=1S/C23H26N2O3/c1-3-17-11-13-19(14-12-17)25-23(27)16(2)28-22(26)10-6-7-18-15-24-21-9-5-4-8-20(18)21/h4-5,8-9,11-16,24H,3,6-7,10H2,1-2H3,(H,25,27)/t16-/m0/s1. The monoisotopic (exact) mass is 378 g/mol. The first-order valence-electron chi connectivity index (χ1n) is 9.71. The number of hydrogen-bond acceptors (Lipinski definition) is 3. The van der Waals surface area contributed by atoms with Crippen LogP contribution < -0.4 is 5.32 Å². The number of nitrogens with one attached hydrogen (secondary N) is 2. The number of amides is 1. The molecule has 0 spiro atoms. The minimum Gasteiger partial charge on any atom is -0.453 e. The van der Waals surface area contributed by atoms with E-state index in [1.807, 2.05) is 48.7 Å². The molecule has 0 fully saturated rings. The molecule has 0 saturated heterocycles. The van der Waals surface area contributed by atoms with Gasteiger partial charge in [0, 0.05) is 29.2 Å². The summed E-state index contributed by atoms with van der Waals surface area (Å²) in [6, 6.07) is 15.7. The number of aromatic nitrogens is 1. The molecule has 3 rings (SSSR count). The van der Waals surface area contributed by atoms with E-state index in [1.165, 1.54) is 16.5 Å². The number of ether oxygens (including phenoxy) is 1. The molecule has 0 saturated carbocycles. The summed E-state index contributed by atoms with van der Waals surface area (Å²) >= 11 is 0. The molecule has 0 aliphatic rings. The Kier molecular flexibility index (Phi) is 6.48. The van der Waals surface area contributed by atoms with Crippen molar-refractivity contribution in [3.63, 3.8) is 0 Å². The molecular formula is C23H26N2O3. The average Bonchev–Trinajstić information content (AvgIpc) is 3.11. The van der Waals surface area contributed by atoms with Crippen molar-refractivity contribution < 1.29 is 14.3 Å². The van der Waals surface area contributed by atoms with Crippen LogP contribution in [0.2, 0.25) is 0 Å². The number of aryl methyl sites for hydroxylation is 2. The number of rotatable bonds is 8. The van der Waals surface area contributed by atoms with Gasteiger partial charge in [0.25, 0.3) is 5.91 Å². The second-order valence-electron chi connectivity index (χ2n) is 6.88. The zero-order valence-electron chi connectivity index (χ0n) is 16.3. The van der Waals surface area contributed by atoms with E-state index in [-0.39, 0.29) is 18.3 Å². The maximum Gasteiger partial charge on any atom is 0.306 e. The highest BCUT2D eigenvalue weighted by molar-refractivity contribution is 5.95. The van der Waals surface area contributed by atoms with Gasteiger partial charge in [-0.3, -0.25) is 9.59 Å². The van der Waals surface area contributed by atoms with Crippen molar-refractivity contribution in [2.75, 3.05) is 5.32 Å². The minimum atomic E-state index is -0.827. The molecule has 0 unspecified atom stereocenters. The number of hydrogen-bond donors (Lipinski definition) is 2. The van der Waals surface area contributed by atoms with Crippen molar-refractivity contribution in [1.29, 1.82) is 0 Å². The Morgan fingerprint density at radius 2 is 1.86 bits per heavy atom. The van der Waals surface area contributed by atoms with Crippen LogP contribution >= 0.6 is 0 Å². The molecule has 2 aromatic carbocycles. The number of carbonyl (C=O) groups is 2. The fourth-order valence-electron chi connectivity index (χ4n) is 3.14. The van der Waals surface area contributed by atoms with E-state index < -0.39 is 6.10 Å². The van der Waals surface area contributed by atoms with Crippen LogP contribution in [0.4, 0.5) is 5.69 Å². The third-order valence-electron chi connectivity index (χ3n) is 4.81. The highest BCUT2D eigenvalue weighted by atomic mass is 16.5. The average molecular weight is 378 g/mol. The van der Waals surface area contributed by atoms with Crippen molar-refractivity contribution in [2.45, 2.75) is 45.6 Å². The molecule has 1 aromatic heterocycles. The zero-order chi connectivity index (χ0) is 19.9. The number of aromatic amines is 1. The van der Waals surface area contributed by atoms with Gasteiger partial charge in [-0.2, -0.15) is 0 Å². The van der Waals surface area contributed by atoms with Crippen LogP contribution in [0.3, 0.4) is 0 Å². The summed E-state index contributed by atoms with van der Waals surface area (Å²) < 4.78 is 5.28. The molecule has 0 radical (unpaired) electrons. The van der Waals surface area contributed by atoms with Crippen LogP contribution in [-0.4, -0.2) is 23.0 Å². The maximum atomic E-state index is 12.2. The lowest BCUT2D eigenvalue weighted by atomic mass is 10.1. The number of para-hydroxylation sites is 1. The number of H-pyrrole nitrogens is 1. The summed E-state index contributed by atoms with van der Waals surface area (Å²) in [6.45, 7) is 3.67. The van der Waals surface area contributed by atoms with Gasteiger partial charge in [0.1, 0.15) is 0 Å². The number of fused-ring (bicyclic) bond motifs is 1. The third-order valence-corrected chi connectivity index (χ3v) is 4.81. The normalized spacial score (nSPS) is 11.9. The molecule has 28 heavy (non-hydrogen) atoms. The summed E-state index contributed by atoms with van der Waals surface area (Å²) in [6.07, 6.45) is 3.84. The minimum absolute atomic E-state index is 0.280. The van der Waals surface area contributed by atoms with Crippen molar-refractivity contribution in [3.8, 4) is 0 Å². The van der Waals surface area contributed by atoms with Gasteiger partial charge in [-0.05, 0) is 55.5 Å². The van der Waals surface area contributed by atoms with E-state index in [9.17, 15) is 9.59 Å². The van der Waals surface area contributed by atoms with Crippen LogP contribution in [0.25, 0.3) is 10.9 Å². The summed E-state index contributed by atoms with van der Waals surface area (Å²) in [5.74, 6) is -0.682. The van der Waals surface area contributed by atoms with Crippen molar-refractivity contribution >= 4 is 28.5 Å². The van der Waals surface area contributed by atoms with Gasteiger partial charge < -0.3 is 15.0 Å². The van der Waals surface area contributed by atoms with Gasteiger partial charge in [0.2, 0.25) is 0 Å². The van der Waals surface area contributed by atoms with Gasteiger partial charge in [-0.1, -0.05) is 37.3 Å². The highest BCUT2D eigenvalue weighted by Gasteiger charge is 2.18.